The maximum absolute atomic E-state index is 12.9. The van der Waals surface area contributed by atoms with Gasteiger partial charge in [0.25, 0.3) is 5.56 Å². The Kier molecular flexibility index (Phi) is 4.79. The van der Waals surface area contributed by atoms with E-state index < -0.39 is 0 Å². The van der Waals surface area contributed by atoms with Gasteiger partial charge >= 0.3 is 0 Å². The fourth-order valence-electron chi connectivity index (χ4n) is 4.03. The number of carbonyl (C=O) groups is 1. The number of piperidine rings is 1. The van der Waals surface area contributed by atoms with Crippen molar-refractivity contribution in [1.29, 1.82) is 0 Å². The molecule has 6 nitrogen and oxygen atoms in total. The molecule has 4 rings (SSSR count). The Morgan fingerprint density at radius 3 is 2.96 bits per heavy atom. The van der Waals surface area contributed by atoms with Crippen molar-refractivity contribution in [3.8, 4) is 0 Å². The molecular weight excluding hydrogens is 340 g/mol. The molecule has 1 atom stereocenters. The summed E-state index contributed by atoms with van der Waals surface area (Å²) in [6.45, 7) is 4.39. The molecule has 3 heterocycles. The van der Waals surface area contributed by atoms with Gasteiger partial charge in [-0.3, -0.25) is 14.2 Å². The number of nitrogens with zero attached hydrogens (tertiary/aromatic N) is 4. The van der Waals surface area contributed by atoms with Gasteiger partial charge in [0, 0.05) is 43.5 Å². The van der Waals surface area contributed by atoms with Gasteiger partial charge in [-0.15, -0.1) is 0 Å². The third kappa shape index (κ3) is 3.65. The Labute approximate surface area is 158 Å². The number of aromatic nitrogens is 3. The SMILES string of the molecule is Cc1cc(=O)n(CC(=O)N2CCCC(Cn3ccnc3)C2)c2ccccc12. The zero-order valence-electron chi connectivity index (χ0n) is 15.5. The van der Waals surface area contributed by atoms with E-state index in [1.807, 2.05) is 48.6 Å². The second-order valence-electron chi connectivity index (χ2n) is 7.38. The van der Waals surface area contributed by atoms with Crippen molar-refractivity contribution in [2.45, 2.75) is 32.9 Å². The van der Waals surface area contributed by atoms with Crippen LogP contribution in [0.1, 0.15) is 18.4 Å². The highest BCUT2D eigenvalue weighted by molar-refractivity contribution is 5.84. The van der Waals surface area contributed by atoms with E-state index in [0.29, 0.717) is 5.92 Å². The normalized spacial score (nSPS) is 17.4. The molecule has 1 amide bonds. The van der Waals surface area contributed by atoms with E-state index in [9.17, 15) is 9.59 Å². The molecule has 0 saturated carbocycles. The first-order valence-corrected chi connectivity index (χ1v) is 9.44. The second kappa shape index (κ2) is 7.39. The van der Waals surface area contributed by atoms with Crippen LogP contribution in [-0.4, -0.2) is 38.0 Å². The Morgan fingerprint density at radius 1 is 1.30 bits per heavy atom. The van der Waals surface area contributed by atoms with E-state index in [2.05, 4.69) is 9.55 Å². The topological polar surface area (TPSA) is 60.1 Å². The summed E-state index contributed by atoms with van der Waals surface area (Å²) < 4.78 is 3.67. The van der Waals surface area contributed by atoms with Gasteiger partial charge in [-0.1, -0.05) is 18.2 Å². The number of aryl methyl sites for hydroxylation is 1. The lowest BCUT2D eigenvalue weighted by molar-refractivity contribution is -0.133. The molecule has 27 heavy (non-hydrogen) atoms. The van der Waals surface area contributed by atoms with Gasteiger partial charge in [0.05, 0.1) is 11.8 Å². The number of hydrogen-bond acceptors (Lipinski definition) is 3. The van der Waals surface area contributed by atoms with Crippen molar-refractivity contribution in [2.24, 2.45) is 5.92 Å². The fraction of sp³-hybridized carbons (Fsp3) is 0.381. The summed E-state index contributed by atoms with van der Waals surface area (Å²) in [5, 5.41) is 1.02. The minimum atomic E-state index is -0.119. The maximum atomic E-state index is 12.9. The number of benzene rings is 1. The molecule has 1 unspecified atom stereocenters. The summed E-state index contributed by atoms with van der Waals surface area (Å²) in [5.74, 6) is 0.435. The van der Waals surface area contributed by atoms with Gasteiger partial charge in [-0.05, 0) is 37.3 Å². The highest BCUT2D eigenvalue weighted by Gasteiger charge is 2.24. The van der Waals surface area contributed by atoms with Crippen LogP contribution in [0.4, 0.5) is 0 Å². The smallest absolute Gasteiger partial charge is 0.251 e. The third-order valence-corrected chi connectivity index (χ3v) is 5.42. The molecule has 0 bridgehead atoms. The number of pyridine rings is 1. The molecule has 1 aliphatic heterocycles. The lowest BCUT2D eigenvalue weighted by Gasteiger charge is -2.33. The van der Waals surface area contributed by atoms with Crippen molar-refractivity contribution < 1.29 is 4.79 Å². The summed E-state index contributed by atoms with van der Waals surface area (Å²) >= 11 is 0. The van der Waals surface area contributed by atoms with Crippen LogP contribution in [0.15, 0.2) is 53.8 Å². The number of hydrogen-bond donors (Lipinski definition) is 0. The summed E-state index contributed by atoms with van der Waals surface area (Å²) in [5.41, 5.74) is 1.65. The van der Waals surface area contributed by atoms with E-state index in [0.717, 1.165) is 48.9 Å². The van der Waals surface area contributed by atoms with E-state index in [4.69, 9.17) is 0 Å². The van der Waals surface area contributed by atoms with Crippen molar-refractivity contribution >= 4 is 16.8 Å². The third-order valence-electron chi connectivity index (χ3n) is 5.42. The molecule has 140 valence electrons. The average molecular weight is 364 g/mol. The van der Waals surface area contributed by atoms with E-state index >= 15 is 0 Å². The van der Waals surface area contributed by atoms with Crippen LogP contribution >= 0.6 is 0 Å². The Hall–Kier alpha value is -2.89. The fourth-order valence-corrected chi connectivity index (χ4v) is 4.03. The molecule has 1 aliphatic rings. The van der Waals surface area contributed by atoms with Gasteiger partial charge in [-0.2, -0.15) is 0 Å². The number of carbonyl (C=O) groups excluding carboxylic acids is 1. The highest BCUT2D eigenvalue weighted by Crippen LogP contribution is 2.20. The van der Waals surface area contributed by atoms with Crippen molar-refractivity contribution in [3.63, 3.8) is 0 Å². The van der Waals surface area contributed by atoms with Crippen LogP contribution < -0.4 is 5.56 Å². The molecule has 6 heteroatoms. The maximum Gasteiger partial charge on any atom is 0.251 e. The summed E-state index contributed by atoms with van der Waals surface area (Å²) in [7, 11) is 0. The predicted octanol–water partition coefficient (Wildman–Crippen LogP) is 2.45. The standard InChI is InChI=1S/C21H24N4O2/c1-16-11-20(26)25(19-7-3-2-6-18(16)19)14-21(27)24-9-4-5-17(13-24)12-23-10-8-22-15-23/h2-3,6-8,10-11,15,17H,4-5,9,12-14H2,1H3. The van der Waals surface area contributed by atoms with Crippen LogP contribution in [0.2, 0.25) is 0 Å². The van der Waals surface area contributed by atoms with Crippen LogP contribution in [0.5, 0.6) is 0 Å². The minimum absolute atomic E-state index is 0.0152. The minimum Gasteiger partial charge on any atom is -0.341 e. The van der Waals surface area contributed by atoms with Gasteiger partial charge in [0.15, 0.2) is 0 Å². The number of fused-ring (bicyclic) bond motifs is 1. The number of rotatable bonds is 4. The van der Waals surface area contributed by atoms with Gasteiger partial charge in [0.1, 0.15) is 6.54 Å². The van der Waals surface area contributed by atoms with Crippen LogP contribution in [0, 0.1) is 12.8 Å². The molecule has 1 saturated heterocycles. The Bertz CT molecular complexity index is 1010. The van der Waals surface area contributed by atoms with E-state index in [-0.39, 0.29) is 18.0 Å². The number of para-hydroxylation sites is 1. The lowest BCUT2D eigenvalue weighted by atomic mass is 9.98. The number of amides is 1. The summed E-state index contributed by atoms with van der Waals surface area (Å²) in [6, 6.07) is 9.39. The largest absolute Gasteiger partial charge is 0.341 e. The average Bonchev–Trinajstić information content (AvgIpc) is 3.18. The number of likely N-dealkylation sites (tertiary alicyclic amines) is 1. The number of imidazole rings is 1. The zero-order chi connectivity index (χ0) is 18.8. The first kappa shape index (κ1) is 17.5. The zero-order valence-corrected chi connectivity index (χ0v) is 15.5. The van der Waals surface area contributed by atoms with Crippen molar-refractivity contribution in [3.05, 3.63) is 65.0 Å². The molecule has 2 aromatic heterocycles. The van der Waals surface area contributed by atoms with E-state index in [1.165, 1.54) is 0 Å². The van der Waals surface area contributed by atoms with Crippen LogP contribution in [-0.2, 0) is 17.9 Å². The molecule has 1 fully saturated rings. The Morgan fingerprint density at radius 2 is 2.15 bits per heavy atom. The molecule has 1 aromatic carbocycles. The molecule has 0 aliphatic carbocycles. The summed E-state index contributed by atoms with van der Waals surface area (Å²) in [6.07, 6.45) is 7.65. The first-order valence-electron chi connectivity index (χ1n) is 9.44. The van der Waals surface area contributed by atoms with Gasteiger partial charge < -0.3 is 9.47 Å². The van der Waals surface area contributed by atoms with Crippen LogP contribution in [0.3, 0.4) is 0 Å². The molecular formula is C21H24N4O2. The lowest BCUT2D eigenvalue weighted by Crippen LogP contribution is -2.43. The van der Waals surface area contributed by atoms with Crippen molar-refractivity contribution in [2.75, 3.05) is 13.1 Å². The first-order chi connectivity index (χ1) is 13.1. The monoisotopic (exact) mass is 364 g/mol. The molecule has 0 spiro atoms. The van der Waals surface area contributed by atoms with Crippen LogP contribution in [0.25, 0.3) is 10.9 Å². The molecule has 3 aromatic rings. The summed E-state index contributed by atoms with van der Waals surface area (Å²) in [4.78, 5) is 31.5. The molecule has 0 N–H and O–H groups in total. The highest BCUT2D eigenvalue weighted by atomic mass is 16.2. The Balaban J connectivity index is 1.52. The predicted molar refractivity (Wildman–Crippen MR) is 104 cm³/mol. The quantitative estimate of drug-likeness (QED) is 0.714. The molecule has 0 radical (unpaired) electrons. The van der Waals surface area contributed by atoms with Gasteiger partial charge in [-0.25, -0.2) is 4.98 Å². The van der Waals surface area contributed by atoms with Crippen molar-refractivity contribution in [1.82, 2.24) is 19.0 Å². The second-order valence-corrected chi connectivity index (χ2v) is 7.38. The van der Waals surface area contributed by atoms with E-state index in [1.54, 1.807) is 16.8 Å². The van der Waals surface area contributed by atoms with Gasteiger partial charge in [0.2, 0.25) is 5.91 Å².